The van der Waals surface area contributed by atoms with E-state index >= 15 is 0 Å². The minimum atomic E-state index is -0.482. The van der Waals surface area contributed by atoms with E-state index in [1.54, 1.807) is 18.2 Å². The first kappa shape index (κ1) is 21.5. The number of hydrogen-bond acceptors (Lipinski definition) is 6. The fourth-order valence-electron chi connectivity index (χ4n) is 3.47. The van der Waals surface area contributed by atoms with Crippen LogP contribution in [0.3, 0.4) is 0 Å². The Balaban J connectivity index is 1.81. The summed E-state index contributed by atoms with van der Waals surface area (Å²) in [6.45, 7) is 5.95. The molecule has 32 heavy (non-hydrogen) atoms. The van der Waals surface area contributed by atoms with Crippen molar-refractivity contribution in [1.29, 1.82) is 0 Å². The van der Waals surface area contributed by atoms with Crippen LogP contribution in [0.2, 0.25) is 0 Å². The largest absolute Gasteiger partial charge is 0.490 e. The number of imidazole rings is 1. The van der Waals surface area contributed by atoms with E-state index < -0.39 is 4.92 Å². The molecule has 0 radical (unpaired) electrons. The molecule has 0 saturated heterocycles. The van der Waals surface area contributed by atoms with Crippen LogP contribution in [-0.2, 0) is 0 Å². The van der Waals surface area contributed by atoms with Gasteiger partial charge in [-0.2, -0.15) is 0 Å². The van der Waals surface area contributed by atoms with E-state index in [0.29, 0.717) is 22.5 Å². The van der Waals surface area contributed by atoms with E-state index in [-0.39, 0.29) is 17.2 Å². The molecule has 0 spiro atoms. The summed E-state index contributed by atoms with van der Waals surface area (Å²) in [7, 11) is 1.39. The molecule has 2 aromatic heterocycles. The van der Waals surface area contributed by atoms with Crippen LogP contribution in [0.5, 0.6) is 5.75 Å². The predicted molar refractivity (Wildman–Crippen MR) is 126 cm³/mol. The molecule has 2 heterocycles. The molecule has 0 fully saturated rings. The third-order valence-corrected chi connectivity index (χ3v) is 6.21. The quantitative estimate of drug-likeness (QED) is 0.161. The van der Waals surface area contributed by atoms with Crippen LogP contribution in [0.1, 0.15) is 32.1 Å². The van der Waals surface area contributed by atoms with Crippen molar-refractivity contribution in [2.75, 3.05) is 7.11 Å². The summed E-state index contributed by atoms with van der Waals surface area (Å²) in [5.41, 5.74) is 4.46. The zero-order valence-corrected chi connectivity index (χ0v) is 18.9. The Morgan fingerprint density at radius 1 is 1.16 bits per heavy atom. The highest BCUT2D eigenvalue weighted by Gasteiger charge is 2.20. The zero-order valence-electron chi connectivity index (χ0n) is 18.1. The monoisotopic (exact) mass is 447 g/mol. The third kappa shape index (κ3) is 3.92. The maximum Gasteiger partial charge on any atom is 0.311 e. The molecule has 162 valence electrons. The standard InChI is InChI=1S/C24H21N3O4S/c1-14-5-6-17(11-15(14)2)21(28)9-8-19-23(25-24-26(19)13-16(3)32-24)18-7-10-22(31-4)20(12-18)27(29)30/h5-13H,1-4H3/b9-8+. The number of aromatic nitrogens is 2. The maximum absolute atomic E-state index is 12.8. The minimum Gasteiger partial charge on any atom is -0.490 e. The predicted octanol–water partition coefficient (Wildman–Crippen LogP) is 5.80. The van der Waals surface area contributed by atoms with Crippen LogP contribution in [0.4, 0.5) is 5.69 Å². The van der Waals surface area contributed by atoms with Gasteiger partial charge in [0.25, 0.3) is 0 Å². The lowest BCUT2D eigenvalue weighted by molar-refractivity contribution is -0.385. The molecule has 0 amide bonds. The Kier molecular flexibility index (Phi) is 5.63. The molecule has 4 aromatic rings. The van der Waals surface area contributed by atoms with E-state index in [2.05, 4.69) is 0 Å². The van der Waals surface area contributed by atoms with Crippen molar-refractivity contribution < 1.29 is 14.5 Å². The second-order valence-electron chi connectivity index (χ2n) is 7.48. The number of methoxy groups -OCH3 is 1. The molecule has 0 saturated carbocycles. The Morgan fingerprint density at radius 2 is 1.94 bits per heavy atom. The van der Waals surface area contributed by atoms with Gasteiger partial charge in [0.2, 0.25) is 0 Å². The van der Waals surface area contributed by atoms with Crippen LogP contribution < -0.4 is 4.74 Å². The molecule has 0 N–H and O–H groups in total. The molecular formula is C24H21N3O4S. The van der Waals surface area contributed by atoms with E-state index in [1.165, 1.54) is 30.6 Å². The van der Waals surface area contributed by atoms with Crippen molar-refractivity contribution in [3.05, 3.63) is 86.0 Å². The third-order valence-electron chi connectivity index (χ3n) is 5.31. The molecule has 2 aromatic carbocycles. The molecule has 0 unspecified atom stereocenters. The average Bonchev–Trinajstić information content (AvgIpc) is 3.29. The second-order valence-corrected chi connectivity index (χ2v) is 8.69. The van der Waals surface area contributed by atoms with Gasteiger partial charge in [0.05, 0.1) is 23.4 Å². The van der Waals surface area contributed by atoms with Gasteiger partial charge < -0.3 is 4.74 Å². The molecule has 7 nitrogen and oxygen atoms in total. The van der Waals surface area contributed by atoms with Crippen LogP contribution in [0, 0.1) is 30.9 Å². The van der Waals surface area contributed by atoms with Crippen LogP contribution in [-0.4, -0.2) is 27.2 Å². The van der Waals surface area contributed by atoms with Crippen molar-refractivity contribution in [2.24, 2.45) is 0 Å². The number of allylic oxidation sites excluding steroid dienone is 1. The van der Waals surface area contributed by atoms with Gasteiger partial charge >= 0.3 is 5.69 Å². The molecule has 0 aliphatic rings. The average molecular weight is 448 g/mol. The molecular weight excluding hydrogens is 426 g/mol. The van der Waals surface area contributed by atoms with E-state index in [4.69, 9.17) is 9.72 Å². The Hall–Kier alpha value is -3.78. The molecule has 0 aliphatic carbocycles. The lowest BCUT2D eigenvalue weighted by Gasteiger charge is -2.05. The summed E-state index contributed by atoms with van der Waals surface area (Å²) in [4.78, 5) is 30.3. The Morgan fingerprint density at radius 3 is 2.62 bits per heavy atom. The van der Waals surface area contributed by atoms with Crippen LogP contribution in [0.25, 0.3) is 22.3 Å². The molecule has 4 rings (SSSR count). The number of nitro groups is 1. The summed E-state index contributed by atoms with van der Waals surface area (Å²) in [5, 5.41) is 11.5. The van der Waals surface area contributed by atoms with E-state index in [1.807, 2.05) is 49.6 Å². The number of thiazole rings is 1. The number of ether oxygens (including phenoxy) is 1. The lowest BCUT2D eigenvalue weighted by Crippen LogP contribution is -1.97. The maximum atomic E-state index is 12.8. The smallest absolute Gasteiger partial charge is 0.311 e. The first-order chi connectivity index (χ1) is 15.3. The van der Waals surface area contributed by atoms with Gasteiger partial charge in [-0.25, -0.2) is 4.98 Å². The van der Waals surface area contributed by atoms with Gasteiger partial charge in [-0.05, 0) is 62.2 Å². The fraction of sp³-hybridized carbons (Fsp3) is 0.167. The lowest BCUT2D eigenvalue weighted by atomic mass is 10.0. The summed E-state index contributed by atoms with van der Waals surface area (Å²) < 4.78 is 7.01. The molecule has 0 aliphatic heterocycles. The van der Waals surface area contributed by atoms with E-state index in [9.17, 15) is 14.9 Å². The first-order valence-corrected chi connectivity index (χ1v) is 10.7. The number of aryl methyl sites for hydroxylation is 3. The fourth-order valence-corrected chi connectivity index (χ4v) is 4.30. The van der Waals surface area contributed by atoms with Gasteiger partial charge in [-0.3, -0.25) is 19.3 Å². The van der Waals surface area contributed by atoms with Gasteiger partial charge in [-0.1, -0.05) is 12.1 Å². The number of rotatable bonds is 6. The topological polar surface area (TPSA) is 86.7 Å². The van der Waals surface area contributed by atoms with E-state index in [0.717, 1.165) is 21.0 Å². The minimum absolute atomic E-state index is 0.123. The van der Waals surface area contributed by atoms with Crippen molar-refractivity contribution in [1.82, 2.24) is 9.38 Å². The number of nitro benzene ring substituents is 1. The van der Waals surface area contributed by atoms with Crippen molar-refractivity contribution in [3.63, 3.8) is 0 Å². The summed E-state index contributed by atoms with van der Waals surface area (Å²) in [6.07, 6.45) is 5.17. The highest BCUT2D eigenvalue weighted by atomic mass is 32.1. The number of fused-ring (bicyclic) bond motifs is 1. The Labute approximate surface area is 188 Å². The zero-order chi connectivity index (χ0) is 23.0. The first-order valence-electron chi connectivity index (χ1n) is 9.89. The van der Waals surface area contributed by atoms with Crippen molar-refractivity contribution in [2.45, 2.75) is 20.8 Å². The normalized spacial score (nSPS) is 11.4. The van der Waals surface area contributed by atoms with Gasteiger partial charge in [0, 0.05) is 28.3 Å². The second kappa shape index (κ2) is 8.39. The molecule has 0 bridgehead atoms. The highest BCUT2D eigenvalue weighted by Crippen LogP contribution is 2.35. The number of benzene rings is 2. The van der Waals surface area contributed by atoms with Crippen LogP contribution >= 0.6 is 11.3 Å². The van der Waals surface area contributed by atoms with Crippen LogP contribution in [0.15, 0.2) is 48.7 Å². The van der Waals surface area contributed by atoms with Gasteiger partial charge in [0.1, 0.15) is 0 Å². The van der Waals surface area contributed by atoms with Gasteiger partial charge in [-0.15, -0.1) is 11.3 Å². The number of carbonyl (C=O) groups excluding carboxylic acids is 1. The van der Waals surface area contributed by atoms with Crippen molar-refractivity contribution >= 4 is 33.8 Å². The summed E-state index contributed by atoms with van der Waals surface area (Å²) in [6, 6.07) is 10.3. The Bertz CT molecular complexity index is 1400. The van der Waals surface area contributed by atoms with Crippen molar-refractivity contribution in [3.8, 4) is 17.0 Å². The number of ketones is 1. The SMILES string of the molecule is COc1ccc(-c2nc3sc(C)cn3c2/C=C/C(=O)c2ccc(C)c(C)c2)cc1[N+](=O)[O-]. The van der Waals surface area contributed by atoms with Gasteiger partial charge in [0.15, 0.2) is 16.5 Å². The summed E-state index contributed by atoms with van der Waals surface area (Å²) in [5.74, 6) is 0.0549. The summed E-state index contributed by atoms with van der Waals surface area (Å²) >= 11 is 1.51. The molecule has 0 atom stereocenters. The number of hydrogen-bond donors (Lipinski definition) is 0. The molecule has 8 heteroatoms. The highest BCUT2D eigenvalue weighted by molar-refractivity contribution is 7.17. The number of nitrogens with zero attached hydrogens (tertiary/aromatic N) is 3. The number of carbonyl (C=O) groups is 1.